The van der Waals surface area contributed by atoms with Gasteiger partial charge in [-0.3, -0.25) is 4.79 Å². The summed E-state index contributed by atoms with van der Waals surface area (Å²) < 4.78 is 5.47. The molecule has 1 aromatic rings. The molecule has 2 rings (SSSR count). The SMILES string of the molecule is COC1CN(c2cc(C(N)=O)c(N)cn2)CCC1C. The highest BCUT2D eigenvalue weighted by Gasteiger charge is 2.27. The number of rotatable bonds is 3. The summed E-state index contributed by atoms with van der Waals surface area (Å²) in [7, 11) is 1.72. The van der Waals surface area contributed by atoms with E-state index in [1.165, 1.54) is 6.20 Å². The summed E-state index contributed by atoms with van der Waals surface area (Å²) in [5.74, 6) is 0.706. The van der Waals surface area contributed by atoms with Crippen molar-refractivity contribution in [3.63, 3.8) is 0 Å². The zero-order valence-electron chi connectivity index (χ0n) is 11.3. The van der Waals surface area contributed by atoms with Gasteiger partial charge in [0.15, 0.2) is 0 Å². The fourth-order valence-electron chi connectivity index (χ4n) is 2.39. The number of carbonyl (C=O) groups is 1. The number of methoxy groups -OCH3 is 1. The van der Waals surface area contributed by atoms with E-state index < -0.39 is 5.91 Å². The topological polar surface area (TPSA) is 94.5 Å². The Morgan fingerprint density at radius 2 is 2.32 bits per heavy atom. The Morgan fingerprint density at radius 3 is 2.95 bits per heavy atom. The van der Waals surface area contributed by atoms with Crippen molar-refractivity contribution in [2.24, 2.45) is 11.7 Å². The van der Waals surface area contributed by atoms with Crippen molar-refractivity contribution < 1.29 is 9.53 Å². The van der Waals surface area contributed by atoms with Crippen LogP contribution >= 0.6 is 0 Å². The van der Waals surface area contributed by atoms with Crippen LogP contribution in [0.2, 0.25) is 0 Å². The predicted molar refractivity (Wildman–Crippen MR) is 74.0 cm³/mol. The minimum atomic E-state index is -0.533. The summed E-state index contributed by atoms with van der Waals surface area (Å²) in [6.07, 6.45) is 2.68. The van der Waals surface area contributed by atoms with Crippen LogP contribution < -0.4 is 16.4 Å². The van der Waals surface area contributed by atoms with E-state index in [9.17, 15) is 4.79 Å². The summed E-state index contributed by atoms with van der Waals surface area (Å²) in [6.45, 7) is 3.82. The quantitative estimate of drug-likeness (QED) is 0.834. The lowest BCUT2D eigenvalue weighted by atomic mass is 9.96. The Balaban J connectivity index is 2.22. The highest BCUT2D eigenvalue weighted by molar-refractivity contribution is 5.98. The molecule has 104 valence electrons. The average molecular weight is 264 g/mol. The largest absolute Gasteiger partial charge is 0.397 e. The maximum Gasteiger partial charge on any atom is 0.250 e. The molecular formula is C13H20N4O2. The number of hydrogen-bond acceptors (Lipinski definition) is 5. The fourth-order valence-corrected chi connectivity index (χ4v) is 2.39. The molecule has 0 bridgehead atoms. The van der Waals surface area contributed by atoms with E-state index in [-0.39, 0.29) is 6.10 Å². The minimum Gasteiger partial charge on any atom is -0.397 e. The van der Waals surface area contributed by atoms with Gasteiger partial charge in [0.2, 0.25) is 0 Å². The molecule has 0 radical (unpaired) electrons. The lowest BCUT2D eigenvalue weighted by Crippen LogP contribution is -2.44. The molecule has 1 aliphatic rings. The number of nitrogens with two attached hydrogens (primary N) is 2. The maximum atomic E-state index is 11.3. The Morgan fingerprint density at radius 1 is 1.58 bits per heavy atom. The number of ether oxygens (including phenoxy) is 1. The van der Waals surface area contributed by atoms with Crippen LogP contribution in [0.15, 0.2) is 12.3 Å². The van der Waals surface area contributed by atoms with Gasteiger partial charge in [0.25, 0.3) is 5.91 Å². The van der Waals surface area contributed by atoms with Gasteiger partial charge in [-0.1, -0.05) is 6.92 Å². The summed E-state index contributed by atoms with van der Waals surface area (Å²) in [5.41, 5.74) is 11.6. The molecule has 19 heavy (non-hydrogen) atoms. The van der Waals surface area contributed by atoms with Gasteiger partial charge in [-0.15, -0.1) is 0 Å². The van der Waals surface area contributed by atoms with Crippen LogP contribution in [0.5, 0.6) is 0 Å². The van der Waals surface area contributed by atoms with Crippen LogP contribution in [-0.4, -0.2) is 37.2 Å². The highest BCUT2D eigenvalue weighted by Crippen LogP contribution is 2.25. The first-order valence-electron chi connectivity index (χ1n) is 6.36. The molecule has 6 heteroatoms. The number of carbonyl (C=O) groups excluding carboxylic acids is 1. The van der Waals surface area contributed by atoms with E-state index in [2.05, 4.69) is 16.8 Å². The van der Waals surface area contributed by atoms with E-state index in [1.54, 1.807) is 13.2 Å². The van der Waals surface area contributed by atoms with Crippen LogP contribution in [0.3, 0.4) is 0 Å². The summed E-state index contributed by atoms with van der Waals surface area (Å²) in [5, 5.41) is 0. The Kier molecular flexibility index (Phi) is 3.90. The molecule has 1 amide bonds. The van der Waals surface area contributed by atoms with Crippen LogP contribution in [0.1, 0.15) is 23.7 Å². The summed E-state index contributed by atoms with van der Waals surface area (Å²) in [6, 6.07) is 1.65. The van der Waals surface area contributed by atoms with E-state index in [4.69, 9.17) is 16.2 Å². The van der Waals surface area contributed by atoms with Gasteiger partial charge in [0, 0.05) is 20.2 Å². The van der Waals surface area contributed by atoms with Crippen molar-refractivity contribution in [3.05, 3.63) is 17.8 Å². The minimum absolute atomic E-state index is 0.171. The maximum absolute atomic E-state index is 11.3. The molecular weight excluding hydrogens is 244 g/mol. The molecule has 2 unspecified atom stereocenters. The van der Waals surface area contributed by atoms with Crippen molar-refractivity contribution in [1.82, 2.24) is 4.98 Å². The van der Waals surface area contributed by atoms with Gasteiger partial charge in [-0.25, -0.2) is 4.98 Å². The zero-order chi connectivity index (χ0) is 14.0. The predicted octanol–water partition coefficient (Wildman–Crippen LogP) is 0.624. The van der Waals surface area contributed by atoms with Crippen molar-refractivity contribution in [1.29, 1.82) is 0 Å². The smallest absolute Gasteiger partial charge is 0.250 e. The Labute approximate surface area is 112 Å². The van der Waals surface area contributed by atoms with Crippen molar-refractivity contribution in [3.8, 4) is 0 Å². The molecule has 1 fully saturated rings. The molecule has 1 aromatic heterocycles. The van der Waals surface area contributed by atoms with Gasteiger partial charge in [-0.2, -0.15) is 0 Å². The van der Waals surface area contributed by atoms with Crippen LogP contribution in [-0.2, 0) is 4.74 Å². The first-order valence-corrected chi connectivity index (χ1v) is 6.36. The second-order valence-corrected chi connectivity index (χ2v) is 4.98. The lowest BCUT2D eigenvalue weighted by molar-refractivity contribution is 0.0496. The van der Waals surface area contributed by atoms with E-state index in [0.29, 0.717) is 17.2 Å². The number of primary amides is 1. The first kappa shape index (κ1) is 13.6. The number of anilines is 2. The molecule has 2 heterocycles. The van der Waals surface area contributed by atoms with Crippen molar-refractivity contribution in [2.45, 2.75) is 19.4 Å². The standard InChI is InChI=1S/C13H20N4O2/c1-8-3-4-17(7-11(8)19-2)12-5-9(13(15)18)10(14)6-16-12/h5-6,8,11H,3-4,7,14H2,1-2H3,(H2,15,18). The van der Waals surface area contributed by atoms with Gasteiger partial charge in [0.05, 0.1) is 23.6 Å². The van der Waals surface area contributed by atoms with E-state index in [1.807, 2.05) is 0 Å². The zero-order valence-corrected chi connectivity index (χ0v) is 11.3. The number of nitrogens with zero attached hydrogens (tertiary/aromatic N) is 2. The molecule has 1 aliphatic heterocycles. The van der Waals surface area contributed by atoms with Crippen LogP contribution in [0.4, 0.5) is 11.5 Å². The Hall–Kier alpha value is -1.82. The summed E-state index contributed by atoms with van der Waals surface area (Å²) in [4.78, 5) is 17.7. The normalized spacial score (nSPS) is 23.4. The molecule has 6 nitrogen and oxygen atoms in total. The van der Waals surface area contributed by atoms with Gasteiger partial charge >= 0.3 is 0 Å². The van der Waals surface area contributed by atoms with Crippen molar-refractivity contribution >= 4 is 17.4 Å². The number of pyridine rings is 1. The van der Waals surface area contributed by atoms with Gasteiger partial charge in [-0.05, 0) is 18.4 Å². The van der Waals surface area contributed by atoms with Crippen LogP contribution in [0.25, 0.3) is 0 Å². The highest BCUT2D eigenvalue weighted by atomic mass is 16.5. The third-order valence-corrected chi connectivity index (χ3v) is 3.70. The Bertz CT molecular complexity index is 478. The number of aromatic nitrogens is 1. The third kappa shape index (κ3) is 2.78. The number of piperidine rings is 1. The van der Waals surface area contributed by atoms with Crippen LogP contribution in [0, 0.1) is 5.92 Å². The van der Waals surface area contributed by atoms with Crippen molar-refractivity contribution in [2.75, 3.05) is 30.8 Å². The molecule has 0 aromatic carbocycles. The summed E-state index contributed by atoms with van der Waals surface area (Å²) >= 11 is 0. The monoisotopic (exact) mass is 264 g/mol. The molecule has 0 saturated carbocycles. The van der Waals surface area contributed by atoms with E-state index >= 15 is 0 Å². The molecule has 2 atom stereocenters. The van der Waals surface area contributed by atoms with Gasteiger partial charge < -0.3 is 21.1 Å². The molecule has 0 aliphatic carbocycles. The lowest BCUT2D eigenvalue weighted by Gasteiger charge is -2.37. The van der Waals surface area contributed by atoms with Gasteiger partial charge in [0.1, 0.15) is 5.82 Å². The average Bonchev–Trinajstić information content (AvgIpc) is 2.39. The second-order valence-electron chi connectivity index (χ2n) is 4.98. The third-order valence-electron chi connectivity index (χ3n) is 3.70. The number of amides is 1. The molecule has 0 spiro atoms. The number of hydrogen-bond donors (Lipinski definition) is 2. The van der Waals surface area contributed by atoms with E-state index in [0.717, 1.165) is 25.3 Å². The fraction of sp³-hybridized carbons (Fsp3) is 0.538. The first-order chi connectivity index (χ1) is 9.02. The molecule has 1 saturated heterocycles. The molecule has 4 N–H and O–H groups in total. The second kappa shape index (κ2) is 5.44. The number of nitrogen functional groups attached to an aromatic ring is 1.